The lowest BCUT2D eigenvalue weighted by atomic mass is 9.84. The molecule has 0 aliphatic carbocycles. The maximum Gasteiger partial charge on any atom is 0.387 e. The predicted octanol–water partition coefficient (Wildman–Crippen LogP) is 4.52. The number of benzene rings is 1. The van der Waals surface area contributed by atoms with Crippen LogP contribution in [0.4, 0.5) is 14.5 Å². The number of nitrogens with one attached hydrogen (secondary N) is 1. The summed E-state index contributed by atoms with van der Waals surface area (Å²) >= 11 is 5.99. The number of anilines is 1. The maximum atomic E-state index is 14.0. The van der Waals surface area contributed by atoms with E-state index in [-0.39, 0.29) is 46.1 Å². The molecule has 1 aromatic heterocycles. The number of methoxy groups -OCH3 is 1. The molecule has 0 spiro atoms. The Morgan fingerprint density at radius 2 is 2.00 bits per heavy atom. The van der Waals surface area contributed by atoms with E-state index in [9.17, 15) is 18.4 Å². The minimum atomic E-state index is -3.08. The van der Waals surface area contributed by atoms with E-state index in [2.05, 4.69) is 20.1 Å². The summed E-state index contributed by atoms with van der Waals surface area (Å²) in [6, 6.07) is 6.06. The lowest BCUT2D eigenvalue weighted by Gasteiger charge is -2.42. The molecule has 1 amide bonds. The standard InChI is InChI=1S/C27H35ClF2N4O5/c1-17(2)22-6-10-31-34(22)27(25(36)32-21-5-4-19(28)14-23(21)39-26(29)30)8-11-33(12-9-27)15-20(24(35)37-3)18-7-13-38-16-18/h4-6,10,14,17-18,20,26H,7-9,11-13,15-16H2,1-3H3,(H,32,36). The summed E-state index contributed by atoms with van der Waals surface area (Å²) in [4.78, 5) is 28.8. The fraction of sp³-hybridized carbons (Fsp3) is 0.593. The number of likely N-dealkylation sites (tertiary alicyclic amines) is 1. The molecular formula is C27H35ClF2N4O5. The quantitative estimate of drug-likeness (QED) is 0.421. The molecule has 2 aliphatic rings. The second-order valence-corrected chi connectivity index (χ2v) is 10.8. The van der Waals surface area contributed by atoms with Gasteiger partial charge in [-0.15, -0.1) is 0 Å². The minimum absolute atomic E-state index is 0.0873. The Morgan fingerprint density at radius 1 is 1.26 bits per heavy atom. The van der Waals surface area contributed by atoms with E-state index in [1.165, 1.54) is 25.3 Å². The van der Waals surface area contributed by atoms with Gasteiger partial charge in [0.1, 0.15) is 5.54 Å². The van der Waals surface area contributed by atoms with E-state index in [4.69, 9.17) is 21.1 Å². The number of rotatable bonds is 10. The van der Waals surface area contributed by atoms with Gasteiger partial charge in [0.05, 0.1) is 25.3 Å². The molecule has 2 unspecified atom stereocenters. The van der Waals surface area contributed by atoms with Gasteiger partial charge in [-0.3, -0.25) is 14.3 Å². The normalized spacial score (nSPS) is 20.3. The molecule has 1 aromatic carbocycles. The molecule has 2 aliphatic heterocycles. The molecule has 12 heteroatoms. The number of hydrogen-bond donors (Lipinski definition) is 1. The SMILES string of the molecule is COC(=O)C(CN1CCC(C(=O)Nc2ccc(Cl)cc2OC(F)F)(n2nccc2C(C)C)CC1)C1CCOC1. The van der Waals surface area contributed by atoms with Crippen LogP contribution in [0.25, 0.3) is 0 Å². The molecule has 39 heavy (non-hydrogen) atoms. The monoisotopic (exact) mass is 568 g/mol. The number of aromatic nitrogens is 2. The Kier molecular flexibility index (Phi) is 9.45. The van der Waals surface area contributed by atoms with Crippen LogP contribution in [0.3, 0.4) is 0 Å². The highest BCUT2D eigenvalue weighted by molar-refractivity contribution is 6.30. The summed E-state index contributed by atoms with van der Waals surface area (Å²) in [5, 5.41) is 7.56. The molecular weight excluding hydrogens is 534 g/mol. The first-order valence-electron chi connectivity index (χ1n) is 13.1. The van der Waals surface area contributed by atoms with Gasteiger partial charge in [0.15, 0.2) is 5.75 Å². The van der Waals surface area contributed by atoms with Gasteiger partial charge in [-0.25, -0.2) is 0 Å². The summed E-state index contributed by atoms with van der Waals surface area (Å²) < 4.78 is 43.1. The molecule has 4 rings (SSSR count). The maximum absolute atomic E-state index is 14.0. The van der Waals surface area contributed by atoms with Gasteiger partial charge in [-0.2, -0.15) is 13.9 Å². The van der Waals surface area contributed by atoms with Crippen molar-refractivity contribution in [3.63, 3.8) is 0 Å². The van der Waals surface area contributed by atoms with Gasteiger partial charge in [-0.05, 0) is 49.3 Å². The van der Waals surface area contributed by atoms with Gasteiger partial charge in [-0.1, -0.05) is 25.4 Å². The number of amides is 1. The van der Waals surface area contributed by atoms with Gasteiger partial charge >= 0.3 is 12.6 Å². The van der Waals surface area contributed by atoms with Crippen molar-refractivity contribution in [3.05, 3.63) is 41.2 Å². The van der Waals surface area contributed by atoms with Crippen LogP contribution in [0.15, 0.2) is 30.5 Å². The van der Waals surface area contributed by atoms with Gasteiger partial charge in [0.2, 0.25) is 0 Å². The zero-order valence-corrected chi connectivity index (χ0v) is 23.1. The van der Waals surface area contributed by atoms with E-state index in [0.717, 1.165) is 12.1 Å². The average Bonchev–Trinajstić information content (AvgIpc) is 3.61. The second kappa shape index (κ2) is 12.6. The fourth-order valence-electron chi connectivity index (χ4n) is 5.50. The Bertz CT molecular complexity index is 1150. The number of hydrogen-bond acceptors (Lipinski definition) is 7. The summed E-state index contributed by atoms with van der Waals surface area (Å²) in [6.07, 6.45) is 3.26. The highest BCUT2D eigenvalue weighted by Crippen LogP contribution is 2.37. The second-order valence-electron chi connectivity index (χ2n) is 10.4. The highest BCUT2D eigenvalue weighted by atomic mass is 35.5. The molecule has 9 nitrogen and oxygen atoms in total. The smallest absolute Gasteiger partial charge is 0.387 e. The van der Waals surface area contributed by atoms with Crippen LogP contribution in [0.1, 0.15) is 44.7 Å². The Hall–Kier alpha value is -2.76. The predicted molar refractivity (Wildman–Crippen MR) is 141 cm³/mol. The van der Waals surface area contributed by atoms with Crippen molar-refractivity contribution in [1.82, 2.24) is 14.7 Å². The molecule has 0 radical (unpaired) electrons. The Morgan fingerprint density at radius 3 is 2.62 bits per heavy atom. The van der Waals surface area contributed by atoms with Crippen LogP contribution in [-0.2, 0) is 24.6 Å². The van der Waals surface area contributed by atoms with Gasteiger partial charge in [0, 0.05) is 49.2 Å². The van der Waals surface area contributed by atoms with E-state index in [0.29, 0.717) is 45.7 Å². The van der Waals surface area contributed by atoms with Crippen LogP contribution in [0.5, 0.6) is 5.75 Å². The topological polar surface area (TPSA) is 94.9 Å². The third-order valence-electron chi connectivity index (χ3n) is 7.68. The lowest BCUT2D eigenvalue weighted by Crippen LogP contribution is -2.55. The first kappa shape index (κ1) is 29.2. The molecule has 1 N–H and O–H groups in total. The van der Waals surface area contributed by atoms with E-state index in [1.807, 2.05) is 19.9 Å². The zero-order chi connectivity index (χ0) is 28.2. The van der Waals surface area contributed by atoms with Gasteiger partial charge < -0.3 is 24.4 Å². The van der Waals surface area contributed by atoms with Crippen LogP contribution in [0.2, 0.25) is 5.02 Å². The van der Waals surface area contributed by atoms with Crippen molar-refractivity contribution in [2.45, 2.75) is 51.2 Å². The molecule has 2 saturated heterocycles. The summed E-state index contributed by atoms with van der Waals surface area (Å²) in [5.41, 5.74) is -0.107. The van der Waals surface area contributed by atoms with Crippen molar-refractivity contribution in [2.75, 3.05) is 45.3 Å². The molecule has 2 aromatic rings. The highest BCUT2D eigenvalue weighted by Gasteiger charge is 2.46. The van der Waals surface area contributed by atoms with Crippen molar-refractivity contribution < 1.29 is 32.6 Å². The van der Waals surface area contributed by atoms with Crippen LogP contribution in [-0.4, -0.2) is 73.1 Å². The number of ether oxygens (including phenoxy) is 3. The number of alkyl halides is 2. The van der Waals surface area contributed by atoms with Crippen molar-refractivity contribution >= 4 is 29.2 Å². The van der Waals surface area contributed by atoms with E-state index >= 15 is 0 Å². The number of halogens is 3. The molecule has 2 fully saturated rings. The van der Waals surface area contributed by atoms with Gasteiger partial charge in [0.25, 0.3) is 5.91 Å². The summed E-state index contributed by atoms with van der Waals surface area (Å²) in [7, 11) is 1.39. The molecule has 0 saturated carbocycles. The fourth-order valence-corrected chi connectivity index (χ4v) is 5.66. The lowest BCUT2D eigenvalue weighted by molar-refractivity contribution is -0.149. The van der Waals surface area contributed by atoms with Crippen LogP contribution < -0.4 is 10.1 Å². The van der Waals surface area contributed by atoms with Crippen LogP contribution in [0, 0.1) is 11.8 Å². The summed E-state index contributed by atoms with van der Waals surface area (Å²) in [6.45, 7) is 3.65. The number of carbonyl (C=O) groups excluding carboxylic acids is 2. The number of carbonyl (C=O) groups is 2. The van der Waals surface area contributed by atoms with E-state index in [1.54, 1.807) is 10.9 Å². The first-order valence-corrected chi connectivity index (χ1v) is 13.5. The van der Waals surface area contributed by atoms with Crippen molar-refractivity contribution in [1.29, 1.82) is 0 Å². The zero-order valence-electron chi connectivity index (χ0n) is 22.4. The number of piperidine rings is 1. The Labute approximate surface area is 231 Å². The third kappa shape index (κ3) is 6.53. The minimum Gasteiger partial charge on any atom is -0.469 e. The van der Waals surface area contributed by atoms with Crippen molar-refractivity contribution in [3.8, 4) is 5.75 Å². The van der Waals surface area contributed by atoms with Crippen molar-refractivity contribution in [2.24, 2.45) is 11.8 Å². The number of nitrogens with zero attached hydrogens (tertiary/aromatic N) is 3. The Balaban J connectivity index is 1.59. The third-order valence-corrected chi connectivity index (χ3v) is 7.91. The average molecular weight is 569 g/mol. The molecule has 214 valence electrons. The van der Waals surface area contributed by atoms with Crippen LogP contribution >= 0.6 is 11.6 Å². The molecule has 3 heterocycles. The molecule has 2 atom stereocenters. The van der Waals surface area contributed by atoms with E-state index < -0.39 is 12.2 Å². The largest absolute Gasteiger partial charge is 0.469 e. The first-order chi connectivity index (χ1) is 18.6. The molecule has 0 bridgehead atoms. The number of esters is 1. The summed E-state index contributed by atoms with van der Waals surface area (Å²) in [5.74, 6) is -1.01.